The van der Waals surface area contributed by atoms with Crippen molar-refractivity contribution in [3.8, 4) is 0 Å². The van der Waals surface area contributed by atoms with Gasteiger partial charge in [-0.1, -0.05) is 54.2 Å². The lowest BCUT2D eigenvalue weighted by molar-refractivity contribution is -0.139. The molecule has 1 N–H and O–H groups in total. The van der Waals surface area contributed by atoms with Crippen molar-refractivity contribution in [3.63, 3.8) is 0 Å². The van der Waals surface area contributed by atoms with Crippen LogP contribution in [0.3, 0.4) is 0 Å². The van der Waals surface area contributed by atoms with E-state index in [4.69, 9.17) is 23.2 Å². The number of carbonyl (C=O) groups is 2. The number of nitrogens with zero attached hydrogens (tertiary/aromatic N) is 2. The van der Waals surface area contributed by atoms with Gasteiger partial charge in [-0.3, -0.25) is 13.9 Å². The predicted octanol–water partition coefficient (Wildman–Crippen LogP) is 4.85. The van der Waals surface area contributed by atoms with E-state index < -0.39 is 28.5 Å². The molecule has 1 saturated carbocycles. The van der Waals surface area contributed by atoms with Gasteiger partial charge in [0.05, 0.1) is 22.0 Å². The van der Waals surface area contributed by atoms with Crippen LogP contribution in [0.2, 0.25) is 10.0 Å². The van der Waals surface area contributed by atoms with Crippen LogP contribution in [-0.2, 0) is 26.2 Å². The molecule has 0 radical (unpaired) electrons. The summed E-state index contributed by atoms with van der Waals surface area (Å²) >= 11 is 12.2. The number of aryl methyl sites for hydroxylation is 1. The lowest BCUT2D eigenvalue weighted by Gasteiger charge is -2.32. The van der Waals surface area contributed by atoms with Crippen molar-refractivity contribution >= 4 is 50.7 Å². The number of carbonyl (C=O) groups excluding carboxylic acids is 2. The highest BCUT2D eigenvalue weighted by Crippen LogP contribution is 2.27. The first-order chi connectivity index (χ1) is 16.9. The summed E-state index contributed by atoms with van der Waals surface area (Å²) in [6, 6.07) is 9.58. The average Bonchev–Trinajstić information content (AvgIpc) is 3.32. The van der Waals surface area contributed by atoms with Crippen molar-refractivity contribution in [1.82, 2.24) is 10.2 Å². The van der Waals surface area contributed by atoms with Crippen molar-refractivity contribution in [2.24, 2.45) is 0 Å². The van der Waals surface area contributed by atoms with Gasteiger partial charge in [0.15, 0.2) is 0 Å². The van der Waals surface area contributed by atoms with Gasteiger partial charge in [0.2, 0.25) is 21.8 Å². The number of rotatable bonds is 9. The molecule has 1 aliphatic rings. The molecule has 36 heavy (non-hydrogen) atoms. The molecular formula is C26H33Cl2N3O4S. The minimum atomic E-state index is -3.79. The summed E-state index contributed by atoms with van der Waals surface area (Å²) in [6.45, 7) is 4.99. The van der Waals surface area contributed by atoms with Gasteiger partial charge in [0, 0.05) is 12.6 Å². The highest BCUT2D eigenvalue weighted by atomic mass is 35.5. The van der Waals surface area contributed by atoms with E-state index in [1.165, 1.54) is 4.90 Å². The topological polar surface area (TPSA) is 86.8 Å². The highest BCUT2D eigenvalue weighted by Gasteiger charge is 2.32. The first kappa shape index (κ1) is 28.3. The Morgan fingerprint density at radius 3 is 2.36 bits per heavy atom. The minimum Gasteiger partial charge on any atom is -0.352 e. The van der Waals surface area contributed by atoms with E-state index in [1.54, 1.807) is 37.3 Å². The molecule has 0 bridgehead atoms. The fourth-order valence-electron chi connectivity index (χ4n) is 4.41. The second-order valence-electron chi connectivity index (χ2n) is 9.42. The van der Waals surface area contributed by atoms with Gasteiger partial charge in [-0.05, 0) is 68.5 Å². The second-order valence-corrected chi connectivity index (χ2v) is 12.1. The standard InChI is InChI=1S/C26H33Cl2N3O4S/c1-17-8-7-11-24(18(17)2)31(36(4,34)35)16-25(32)30(15-20-12-13-22(27)23(28)14-20)19(3)26(33)29-21-9-5-6-10-21/h7-8,11-14,19,21H,5-6,9-10,15-16H2,1-4H3,(H,29,33). The number of sulfonamides is 1. The molecule has 2 aromatic rings. The number of anilines is 1. The van der Waals surface area contributed by atoms with Crippen molar-refractivity contribution < 1.29 is 18.0 Å². The Kier molecular flexibility index (Phi) is 9.30. The maximum absolute atomic E-state index is 13.7. The highest BCUT2D eigenvalue weighted by molar-refractivity contribution is 7.92. The monoisotopic (exact) mass is 553 g/mol. The van der Waals surface area contributed by atoms with Crippen LogP contribution in [0.1, 0.15) is 49.3 Å². The predicted molar refractivity (Wildman–Crippen MR) is 145 cm³/mol. The largest absolute Gasteiger partial charge is 0.352 e. The summed E-state index contributed by atoms with van der Waals surface area (Å²) in [5.41, 5.74) is 2.78. The van der Waals surface area contributed by atoms with E-state index in [2.05, 4.69) is 5.32 Å². The molecule has 0 aliphatic heterocycles. The smallest absolute Gasteiger partial charge is 0.244 e. The van der Waals surface area contributed by atoms with E-state index >= 15 is 0 Å². The number of amides is 2. The molecule has 0 spiro atoms. The van der Waals surface area contributed by atoms with Gasteiger partial charge >= 0.3 is 0 Å². The van der Waals surface area contributed by atoms with E-state index in [1.807, 2.05) is 19.9 Å². The number of hydrogen-bond acceptors (Lipinski definition) is 4. The van der Waals surface area contributed by atoms with Crippen molar-refractivity contribution in [2.45, 2.75) is 65.1 Å². The van der Waals surface area contributed by atoms with Crippen molar-refractivity contribution in [1.29, 1.82) is 0 Å². The van der Waals surface area contributed by atoms with Gasteiger partial charge in [-0.15, -0.1) is 0 Å². The summed E-state index contributed by atoms with van der Waals surface area (Å²) in [4.78, 5) is 28.2. The van der Waals surface area contributed by atoms with Crippen molar-refractivity contribution in [3.05, 3.63) is 63.1 Å². The zero-order valence-electron chi connectivity index (χ0n) is 21.1. The Bertz CT molecular complexity index is 1230. The Morgan fingerprint density at radius 1 is 1.08 bits per heavy atom. The van der Waals surface area contributed by atoms with Crippen molar-refractivity contribution in [2.75, 3.05) is 17.1 Å². The Morgan fingerprint density at radius 2 is 1.75 bits per heavy atom. The van der Waals surface area contributed by atoms with E-state index in [0.717, 1.165) is 47.4 Å². The molecule has 7 nitrogen and oxygen atoms in total. The third-order valence-corrected chi connectivity index (χ3v) is 8.60. The fourth-order valence-corrected chi connectivity index (χ4v) is 5.63. The summed E-state index contributed by atoms with van der Waals surface area (Å²) in [7, 11) is -3.79. The van der Waals surface area contributed by atoms with Crippen LogP contribution in [-0.4, -0.2) is 50.0 Å². The van der Waals surface area contributed by atoms with Crippen LogP contribution in [0.15, 0.2) is 36.4 Å². The molecule has 196 valence electrons. The van der Waals surface area contributed by atoms with Crippen LogP contribution in [0.4, 0.5) is 5.69 Å². The summed E-state index contributed by atoms with van der Waals surface area (Å²) in [5.74, 6) is -0.769. The molecule has 1 unspecified atom stereocenters. The van der Waals surface area contributed by atoms with E-state index in [-0.39, 0.29) is 18.5 Å². The maximum atomic E-state index is 13.7. The van der Waals surface area contributed by atoms with Crippen LogP contribution >= 0.6 is 23.2 Å². The Labute approximate surface area is 223 Å². The molecule has 0 heterocycles. The molecule has 0 aromatic heterocycles. The Balaban J connectivity index is 1.93. The lowest BCUT2D eigenvalue weighted by atomic mass is 10.1. The Hall–Kier alpha value is -2.29. The summed E-state index contributed by atoms with van der Waals surface area (Å²) in [6.07, 6.45) is 5.01. The lowest BCUT2D eigenvalue weighted by Crippen LogP contribution is -2.52. The minimum absolute atomic E-state index is 0.0688. The molecular weight excluding hydrogens is 521 g/mol. The third-order valence-electron chi connectivity index (χ3n) is 6.73. The van der Waals surface area contributed by atoms with E-state index in [9.17, 15) is 18.0 Å². The number of hydrogen-bond donors (Lipinski definition) is 1. The SMILES string of the molecule is Cc1cccc(N(CC(=O)N(Cc2ccc(Cl)c(Cl)c2)C(C)C(=O)NC2CCCC2)S(C)(=O)=O)c1C. The molecule has 0 saturated heterocycles. The second kappa shape index (κ2) is 11.8. The number of nitrogens with one attached hydrogen (secondary N) is 1. The zero-order valence-corrected chi connectivity index (χ0v) is 23.4. The number of benzene rings is 2. The molecule has 2 amide bonds. The molecule has 10 heteroatoms. The maximum Gasteiger partial charge on any atom is 0.244 e. The normalized spacial score (nSPS) is 14.9. The van der Waals surface area contributed by atoms with Gasteiger partial charge in [-0.25, -0.2) is 8.42 Å². The molecule has 2 aromatic carbocycles. The molecule has 1 aliphatic carbocycles. The summed E-state index contributed by atoms with van der Waals surface area (Å²) < 4.78 is 26.6. The van der Waals surface area contributed by atoms with Crippen LogP contribution in [0.5, 0.6) is 0 Å². The molecule has 1 atom stereocenters. The first-order valence-corrected chi connectivity index (χ1v) is 14.6. The molecule has 3 rings (SSSR count). The summed E-state index contributed by atoms with van der Waals surface area (Å²) in [5, 5.41) is 3.75. The zero-order chi connectivity index (χ0) is 26.6. The number of halogens is 2. The quantitative estimate of drug-likeness (QED) is 0.480. The van der Waals surface area contributed by atoms with Gasteiger partial charge in [-0.2, -0.15) is 0 Å². The van der Waals surface area contributed by atoms with E-state index in [0.29, 0.717) is 21.3 Å². The van der Waals surface area contributed by atoms with Crippen LogP contribution < -0.4 is 9.62 Å². The third kappa shape index (κ3) is 6.93. The van der Waals surface area contributed by atoms with Gasteiger partial charge in [0.1, 0.15) is 12.6 Å². The van der Waals surface area contributed by atoms with Gasteiger partial charge < -0.3 is 10.2 Å². The average molecular weight is 555 g/mol. The fraction of sp³-hybridized carbons (Fsp3) is 0.462. The molecule has 1 fully saturated rings. The van der Waals surface area contributed by atoms with Gasteiger partial charge in [0.25, 0.3) is 0 Å². The van der Waals surface area contributed by atoms with Crippen LogP contribution in [0.25, 0.3) is 0 Å². The van der Waals surface area contributed by atoms with Crippen LogP contribution in [0, 0.1) is 13.8 Å². The first-order valence-electron chi connectivity index (χ1n) is 12.0.